The predicted molar refractivity (Wildman–Crippen MR) is 82.3 cm³/mol. The topological polar surface area (TPSA) is 81.9 Å². The maximum atomic E-state index is 12.2. The summed E-state index contributed by atoms with van der Waals surface area (Å²) in [4.78, 5) is 26.3. The normalized spacial score (nSPS) is 22.1. The predicted octanol–water partition coefficient (Wildman–Crippen LogP) is 1.31. The number of esters is 2. The number of nitrogens with two attached hydrogens (primary N) is 1. The van der Waals surface area contributed by atoms with Crippen LogP contribution in [-0.2, 0) is 14.3 Å². The number of hydrogen-bond acceptors (Lipinski definition) is 6. The zero-order chi connectivity index (χ0) is 16.1. The first kappa shape index (κ1) is 16.3. The van der Waals surface area contributed by atoms with Crippen LogP contribution in [-0.4, -0.2) is 49.7 Å². The van der Waals surface area contributed by atoms with Gasteiger partial charge in [0.2, 0.25) is 0 Å². The van der Waals surface area contributed by atoms with Crippen molar-refractivity contribution in [2.45, 2.75) is 19.4 Å². The largest absolute Gasteiger partial charge is 0.466 e. The van der Waals surface area contributed by atoms with Gasteiger partial charge < -0.3 is 20.1 Å². The van der Waals surface area contributed by atoms with E-state index in [-0.39, 0.29) is 5.97 Å². The fourth-order valence-electron chi connectivity index (χ4n) is 2.53. The van der Waals surface area contributed by atoms with E-state index >= 15 is 0 Å². The molecule has 1 saturated heterocycles. The molecule has 2 N–H and O–H groups in total. The van der Waals surface area contributed by atoms with E-state index in [9.17, 15) is 9.59 Å². The van der Waals surface area contributed by atoms with Crippen molar-refractivity contribution in [3.05, 3.63) is 29.8 Å². The Balaban J connectivity index is 2.06. The second-order valence-electron chi connectivity index (χ2n) is 5.48. The first-order valence-corrected chi connectivity index (χ1v) is 7.43. The van der Waals surface area contributed by atoms with Crippen molar-refractivity contribution < 1.29 is 19.1 Å². The van der Waals surface area contributed by atoms with Gasteiger partial charge in [0, 0.05) is 18.8 Å². The Hall–Kier alpha value is -2.08. The third kappa shape index (κ3) is 3.98. The third-order valence-electron chi connectivity index (χ3n) is 3.75. The lowest BCUT2D eigenvalue weighted by Crippen LogP contribution is -2.47. The molecule has 1 aliphatic rings. The van der Waals surface area contributed by atoms with Gasteiger partial charge in [0.15, 0.2) is 0 Å². The lowest BCUT2D eigenvalue weighted by molar-refractivity contribution is -0.155. The first-order valence-electron chi connectivity index (χ1n) is 7.43. The quantitative estimate of drug-likeness (QED) is 0.667. The van der Waals surface area contributed by atoms with E-state index in [1.807, 2.05) is 11.9 Å². The standard InChI is InChI=1S/C16H22N2O4/c1-3-21-16(20)13-10-18(2)9-8-14(13)22-15(19)11-4-6-12(17)7-5-11/h4-7,13-14H,3,8-10,17H2,1-2H3. The van der Waals surface area contributed by atoms with Crippen molar-refractivity contribution >= 4 is 17.6 Å². The molecule has 0 spiro atoms. The SMILES string of the molecule is CCOC(=O)C1CN(C)CCC1OC(=O)c1ccc(N)cc1. The number of likely N-dealkylation sites (tertiary alicyclic amines) is 1. The minimum absolute atomic E-state index is 0.316. The van der Waals surface area contributed by atoms with Gasteiger partial charge in [0.1, 0.15) is 12.0 Å². The molecule has 1 heterocycles. The van der Waals surface area contributed by atoms with Gasteiger partial charge in [-0.05, 0) is 44.7 Å². The molecule has 2 rings (SSSR count). The molecule has 0 amide bonds. The molecule has 1 aromatic carbocycles. The zero-order valence-electron chi connectivity index (χ0n) is 13.0. The second kappa shape index (κ2) is 7.26. The molecule has 0 aliphatic carbocycles. The molecule has 1 fully saturated rings. The van der Waals surface area contributed by atoms with Crippen LogP contribution in [0.25, 0.3) is 0 Å². The summed E-state index contributed by atoms with van der Waals surface area (Å²) in [6.45, 7) is 3.38. The Bertz CT molecular complexity index is 529. The van der Waals surface area contributed by atoms with E-state index in [1.54, 1.807) is 31.2 Å². The molecule has 6 heteroatoms. The molecule has 0 bridgehead atoms. The monoisotopic (exact) mass is 306 g/mol. The summed E-state index contributed by atoms with van der Waals surface area (Å²) in [5, 5.41) is 0. The summed E-state index contributed by atoms with van der Waals surface area (Å²) >= 11 is 0. The Morgan fingerprint density at radius 1 is 1.32 bits per heavy atom. The van der Waals surface area contributed by atoms with Gasteiger partial charge >= 0.3 is 11.9 Å². The van der Waals surface area contributed by atoms with E-state index in [2.05, 4.69) is 0 Å². The zero-order valence-corrected chi connectivity index (χ0v) is 13.0. The molecule has 22 heavy (non-hydrogen) atoms. The maximum Gasteiger partial charge on any atom is 0.338 e. The maximum absolute atomic E-state index is 12.2. The average Bonchev–Trinajstić information content (AvgIpc) is 2.50. The molecule has 2 unspecified atom stereocenters. The van der Waals surface area contributed by atoms with E-state index in [4.69, 9.17) is 15.2 Å². The van der Waals surface area contributed by atoms with Crippen molar-refractivity contribution in [2.24, 2.45) is 5.92 Å². The van der Waals surface area contributed by atoms with Crippen LogP contribution in [0.2, 0.25) is 0 Å². The first-order chi connectivity index (χ1) is 10.5. The number of carbonyl (C=O) groups excluding carboxylic acids is 2. The van der Waals surface area contributed by atoms with Crippen molar-refractivity contribution in [3.63, 3.8) is 0 Å². The molecular weight excluding hydrogens is 284 g/mol. The summed E-state index contributed by atoms with van der Waals surface area (Å²) in [5.41, 5.74) is 6.61. The molecular formula is C16H22N2O4. The number of carbonyl (C=O) groups is 2. The molecule has 0 aromatic heterocycles. The van der Waals surface area contributed by atoms with Gasteiger partial charge in [0.25, 0.3) is 0 Å². The number of piperidine rings is 1. The van der Waals surface area contributed by atoms with Crippen LogP contribution in [0.3, 0.4) is 0 Å². The number of nitrogens with zero attached hydrogens (tertiary/aromatic N) is 1. The van der Waals surface area contributed by atoms with Crippen LogP contribution in [0.5, 0.6) is 0 Å². The van der Waals surface area contributed by atoms with Gasteiger partial charge in [-0.25, -0.2) is 4.79 Å². The molecule has 0 radical (unpaired) electrons. The van der Waals surface area contributed by atoms with Gasteiger partial charge in [-0.2, -0.15) is 0 Å². The lowest BCUT2D eigenvalue weighted by atomic mass is 9.95. The van der Waals surface area contributed by atoms with Crippen molar-refractivity contribution in [3.8, 4) is 0 Å². The number of nitrogen functional groups attached to an aromatic ring is 1. The Kier molecular flexibility index (Phi) is 5.38. The fourth-order valence-corrected chi connectivity index (χ4v) is 2.53. The van der Waals surface area contributed by atoms with Crippen molar-refractivity contribution in [1.82, 2.24) is 4.90 Å². The number of hydrogen-bond donors (Lipinski definition) is 1. The van der Waals surface area contributed by atoms with Crippen LogP contribution in [0.1, 0.15) is 23.7 Å². The Morgan fingerprint density at radius 3 is 2.64 bits per heavy atom. The summed E-state index contributed by atoms with van der Waals surface area (Å²) in [6, 6.07) is 6.53. The molecule has 0 saturated carbocycles. The molecule has 1 aliphatic heterocycles. The molecule has 2 atom stereocenters. The average molecular weight is 306 g/mol. The van der Waals surface area contributed by atoms with Crippen LogP contribution < -0.4 is 5.73 Å². The van der Waals surface area contributed by atoms with Gasteiger partial charge in [0.05, 0.1) is 12.2 Å². The summed E-state index contributed by atoms with van der Waals surface area (Å²) in [7, 11) is 1.93. The van der Waals surface area contributed by atoms with Gasteiger partial charge in [-0.15, -0.1) is 0 Å². The number of ether oxygens (including phenoxy) is 2. The third-order valence-corrected chi connectivity index (χ3v) is 3.75. The van der Waals surface area contributed by atoms with Crippen LogP contribution in [0, 0.1) is 5.92 Å². The highest BCUT2D eigenvalue weighted by molar-refractivity contribution is 5.90. The van der Waals surface area contributed by atoms with Crippen molar-refractivity contribution in [2.75, 3.05) is 32.5 Å². The van der Waals surface area contributed by atoms with E-state index in [0.717, 1.165) is 6.54 Å². The van der Waals surface area contributed by atoms with E-state index in [1.165, 1.54) is 0 Å². The summed E-state index contributed by atoms with van der Waals surface area (Å²) < 4.78 is 10.6. The van der Waals surface area contributed by atoms with Gasteiger partial charge in [-0.3, -0.25) is 4.79 Å². The smallest absolute Gasteiger partial charge is 0.338 e. The van der Waals surface area contributed by atoms with Gasteiger partial charge in [-0.1, -0.05) is 0 Å². The Morgan fingerprint density at radius 2 is 2.00 bits per heavy atom. The Labute approximate surface area is 130 Å². The second-order valence-corrected chi connectivity index (χ2v) is 5.48. The minimum atomic E-state index is -0.458. The van der Waals surface area contributed by atoms with E-state index in [0.29, 0.717) is 30.8 Å². The number of anilines is 1. The highest BCUT2D eigenvalue weighted by Crippen LogP contribution is 2.22. The van der Waals surface area contributed by atoms with Crippen LogP contribution in [0.4, 0.5) is 5.69 Å². The van der Waals surface area contributed by atoms with Crippen molar-refractivity contribution in [1.29, 1.82) is 0 Å². The van der Waals surface area contributed by atoms with E-state index < -0.39 is 18.0 Å². The lowest BCUT2D eigenvalue weighted by Gasteiger charge is -2.34. The number of benzene rings is 1. The highest BCUT2D eigenvalue weighted by Gasteiger charge is 2.37. The van der Waals surface area contributed by atoms with Crippen LogP contribution in [0.15, 0.2) is 24.3 Å². The highest BCUT2D eigenvalue weighted by atomic mass is 16.6. The fraction of sp³-hybridized carbons (Fsp3) is 0.500. The summed E-state index contributed by atoms with van der Waals surface area (Å²) in [5.74, 6) is -1.20. The number of rotatable bonds is 4. The molecule has 1 aromatic rings. The van der Waals surface area contributed by atoms with Crippen LogP contribution >= 0.6 is 0 Å². The summed E-state index contributed by atoms with van der Waals surface area (Å²) in [6.07, 6.45) is 0.154. The molecule has 120 valence electrons. The minimum Gasteiger partial charge on any atom is -0.466 e. The molecule has 6 nitrogen and oxygen atoms in total.